The maximum atomic E-state index is 10.8. The fraction of sp³-hybridized carbons (Fsp3) is 0.583. The third kappa shape index (κ3) is 2.12. The van der Waals surface area contributed by atoms with Crippen molar-refractivity contribution in [2.45, 2.75) is 32.4 Å². The molecule has 1 atom stereocenters. The van der Waals surface area contributed by atoms with Gasteiger partial charge in [-0.2, -0.15) is 0 Å². The summed E-state index contributed by atoms with van der Waals surface area (Å²) in [6, 6.07) is 4.42. The van der Waals surface area contributed by atoms with Gasteiger partial charge in [-0.25, -0.2) is 0 Å². The Morgan fingerprint density at radius 1 is 1.60 bits per heavy atom. The zero-order valence-electron chi connectivity index (χ0n) is 9.22. The predicted molar refractivity (Wildman–Crippen MR) is 60.1 cm³/mol. The second kappa shape index (κ2) is 4.62. The average molecular weight is 206 g/mol. The molecule has 1 fully saturated rings. The third-order valence-electron chi connectivity index (χ3n) is 3.30. The highest BCUT2D eigenvalue weighted by Crippen LogP contribution is 2.18. The van der Waals surface area contributed by atoms with E-state index in [9.17, 15) is 4.79 Å². The van der Waals surface area contributed by atoms with Gasteiger partial charge in [0.15, 0.2) is 6.29 Å². The summed E-state index contributed by atoms with van der Waals surface area (Å²) in [4.78, 5) is 13.3. The Balaban J connectivity index is 2.04. The summed E-state index contributed by atoms with van der Waals surface area (Å²) < 4.78 is 2.06. The minimum atomic E-state index is 0.612. The lowest BCUT2D eigenvalue weighted by Crippen LogP contribution is -2.32. The first-order chi connectivity index (χ1) is 7.35. The lowest BCUT2D eigenvalue weighted by molar-refractivity contribution is 0.111. The van der Waals surface area contributed by atoms with Gasteiger partial charge in [0, 0.05) is 18.8 Å². The van der Waals surface area contributed by atoms with E-state index in [1.54, 1.807) is 0 Å². The summed E-state index contributed by atoms with van der Waals surface area (Å²) >= 11 is 0. The van der Waals surface area contributed by atoms with E-state index in [4.69, 9.17) is 0 Å². The van der Waals surface area contributed by atoms with Crippen LogP contribution in [0.2, 0.25) is 0 Å². The molecule has 0 amide bonds. The SMILES string of the molecule is CCN1CCCC1Cn1cccc1C=O. The van der Waals surface area contributed by atoms with E-state index in [1.807, 2.05) is 18.3 Å². The molecule has 1 saturated heterocycles. The molecule has 3 heteroatoms. The van der Waals surface area contributed by atoms with E-state index in [0.717, 1.165) is 25.1 Å². The molecule has 0 aromatic carbocycles. The minimum Gasteiger partial charge on any atom is -0.344 e. The van der Waals surface area contributed by atoms with Gasteiger partial charge < -0.3 is 4.57 Å². The van der Waals surface area contributed by atoms with Gasteiger partial charge in [0.1, 0.15) is 0 Å². The van der Waals surface area contributed by atoms with Crippen molar-refractivity contribution in [3.8, 4) is 0 Å². The number of likely N-dealkylation sites (N-methyl/N-ethyl adjacent to an activating group) is 1. The van der Waals surface area contributed by atoms with Crippen LogP contribution in [0, 0.1) is 0 Å². The maximum absolute atomic E-state index is 10.8. The van der Waals surface area contributed by atoms with Crippen molar-refractivity contribution in [2.75, 3.05) is 13.1 Å². The summed E-state index contributed by atoms with van der Waals surface area (Å²) in [7, 11) is 0. The summed E-state index contributed by atoms with van der Waals surface area (Å²) in [6.07, 6.45) is 5.47. The first-order valence-electron chi connectivity index (χ1n) is 5.69. The number of carbonyl (C=O) groups excluding carboxylic acids is 1. The van der Waals surface area contributed by atoms with E-state index in [0.29, 0.717) is 6.04 Å². The highest BCUT2D eigenvalue weighted by Gasteiger charge is 2.23. The van der Waals surface area contributed by atoms with E-state index in [1.165, 1.54) is 19.4 Å². The van der Waals surface area contributed by atoms with Gasteiger partial charge in [-0.1, -0.05) is 6.92 Å². The van der Waals surface area contributed by atoms with Crippen LogP contribution >= 0.6 is 0 Å². The van der Waals surface area contributed by atoms with E-state index in [-0.39, 0.29) is 0 Å². The Morgan fingerprint density at radius 3 is 3.20 bits per heavy atom. The first-order valence-corrected chi connectivity index (χ1v) is 5.69. The standard InChI is InChI=1S/C12H18N2O/c1-2-13-7-3-5-11(13)9-14-8-4-6-12(14)10-15/h4,6,8,10-11H,2-3,5,7,9H2,1H3. The Bertz CT molecular complexity index is 332. The predicted octanol–water partition coefficient (Wildman–Crippen LogP) is 1.78. The van der Waals surface area contributed by atoms with Gasteiger partial charge in [-0.05, 0) is 38.1 Å². The lowest BCUT2D eigenvalue weighted by Gasteiger charge is -2.23. The van der Waals surface area contributed by atoms with Crippen molar-refractivity contribution in [2.24, 2.45) is 0 Å². The molecule has 1 aromatic rings. The smallest absolute Gasteiger partial charge is 0.166 e. The second-order valence-electron chi connectivity index (χ2n) is 4.13. The summed E-state index contributed by atoms with van der Waals surface area (Å²) in [5, 5.41) is 0. The maximum Gasteiger partial charge on any atom is 0.166 e. The quantitative estimate of drug-likeness (QED) is 0.702. The van der Waals surface area contributed by atoms with Gasteiger partial charge in [-0.3, -0.25) is 9.69 Å². The number of aldehydes is 1. The number of carbonyl (C=O) groups is 1. The Kier molecular flexibility index (Phi) is 3.21. The average Bonchev–Trinajstić information content (AvgIpc) is 2.87. The highest BCUT2D eigenvalue weighted by atomic mass is 16.1. The zero-order chi connectivity index (χ0) is 10.7. The number of nitrogens with zero attached hydrogens (tertiary/aromatic N) is 2. The highest BCUT2D eigenvalue weighted by molar-refractivity contribution is 5.72. The van der Waals surface area contributed by atoms with Crippen LogP contribution in [0.15, 0.2) is 18.3 Å². The summed E-state index contributed by atoms with van der Waals surface area (Å²) in [6.45, 7) is 5.48. The van der Waals surface area contributed by atoms with Crippen molar-refractivity contribution >= 4 is 6.29 Å². The van der Waals surface area contributed by atoms with E-state index < -0.39 is 0 Å². The third-order valence-corrected chi connectivity index (χ3v) is 3.30. The van der Waals surface area contributed by atoms with Gasteiger partial charge in [0.2, 0.25) is 0 Å². The van der Waals surface area contributed by atoms with Crippen molar-refractivity contribution in [1.29, 1.82) is 0 Å². The van der Waals surface area contributed by atoms with Gasteiger partial charge in [0.05, 0.1) is 5.69 Å². The molecule has 1 aliphatic heterocycles. The number of likely N-dealkylation sites (tertiary alicyclic amines) is 1. The van der Waals surface area contributed by atoms with Crippen LogP contribution in [-0.2, 0) is 6.54 Å². The second-order valence-corrected chi connectivity index (χ2v) is 4.13. The number of aromatic nitrogens is 1. The lowest BCUT2D eigenvalue weighted by atomic mass is 10.2. The van der Waals surface area contributed by atoms with Crippen LogP contribution in [0.25, 0.3) is 0 Å². The molecular weight excluding hydrogens is 188 g/mol. The first kappa shape index (κ1) is 10.4. The Hall–Kier alpha value is -1.09. The van der Waals surface area contributed by atoms with E-state index in [2.05, 4.69) is 16.4 Å². The Labute approximate surface area is 90.7 Å². The molecule has 0 spiro atoms. The molecule has 0 bridgehead atoms. The molecule has 0 N–H and O–H groups in total. The molecule has 0 radical (unpaired) electrons. The van der Waals surface area contributed by atoms with Crippen molar-refractivity contribution < 1.29 is 4.79 Å². The van der Waals surface area contributed by atoms with Gasteiger partial charge in [-0.15, -0.1) is 0 Å². The Morgan fingerprint density at radius 2 is 2.47 bits per heavy atom. The van der Waals surface area contributed by atoms with Crippen LogP contribution in [0.3, 0.4) is 0 Å². The molecule has 1 unspecified atom stereocenters. The van der Waals surface area contributed by atoms with Crippen LogP contribution in [0.1, 0.15) is 30.3 Å². The normalized spacial score (nSPS) is 22.1. The molecule has 1 aliphatic rings. The van der Waals surface area contributed by atoms with Gasteiger partial charge in [0.25, 0.3) is 0 Å². The monoisotopic (exact) mass is 206 g/mol. The fourth-order valence-corrected chi connectivity index (χ4v) is 2.45. The number of rotatable bonds is 4. The van der Waals surface area contributed by atoms with Crippen molar-refractivity contribution in [3.05, 3.63) is 24.0 Å². The molecule has 82 valence electrons. The molecule has 15 heavy (non-hydrogen) atoms. The van der Waals surface area contributed by atoms with Crippen molar-refractivity contribution in [1.82, 2.24) is 9.47 Å². The molecular formula is C12H18N2O. The molecule has 3 nitrogen and oxygen atoms in total. The molecule has 1 aromatic heterocycles. The van der Waals surface area contributed by atoms with Crippen molar-refractivity contribution in [3.63, 3.8) is 0 Å². The molecule has 0 saturated carbocycles. The largest absolute Gasteiger partial charge is 0.344 e. The summed E-state index contributed by atoms with van der Waals surface area (Å²) in [5.74, 6) is 0. The number of hydrogen-bond donors (Lipinski definition) is 0. The van der Waals surface area contributed by atoms with Crippen LogP contribution in [0.4, 0.5) is 0 Å². The van der Waals surface area contributed by atoms with Crippen LogP contribution in [-0.4, -0.2) is 34.9 Å². The molecule has 2 rings (SSSR count). The minimum absolute atomic E-state index is 0.612. The summed E-state index contributed by atoms with van der Waals surface area (Å²) in [5.41, 5.74) is 0.790. The zero-order valence-corrected chi connectivity index (χ0v) is 9.22. The van der Waals surface area contributed by atoms with Crippen LogP contribution < -0.4 is 0 Å². The van der Waals surface area contributed by atoms with E-state index >= 15 is 0 Å². The van der Waals surface area contributed by atoms with Gasteiger partial charge >= 0.3 is 0 Å². The topological polar surface area (TPSA) is 25.2 Å². The molecule has 0 aliphatic carbocycles. The molecule has 2 heterocycles. The number of hydrogen-bond acceptors (Lipinski definition) is 2. The van der Waals surface area contributed by atoms with Crippen LogP contribution in [0.5, 0.6) is 0 Å². The fourth-order valence-electron chi connectivity index (χ4n) is 2.45.